The molecule has 0 N–H and O–H groups in total. The van der Waals surface area contributed by atoms with E-state index in [1.54, 1.807) is 0 Å². The fourth-order valence-electron chi connectivity index (χ4n) is 2.67. The Balaban J connectivity index is 2.31. The lowest BCUT2D eigenvalue weighted by molar-refractivity contribution is -0.386. The van der Waals surface area contributed by atoms with Crippen molar-refractivity contribution < 1.29 is 28.8 Å². The third kappa shape index (κ3) is 5.47. The van der Waals surface area contributed by atoms with Gasteiger partial charge in [0, 0.05) is 20.3 Å². The Hall–Kier alpha value is -3.55. The number of aryl methyl sites for hydroxylation is 1. The van der Waals surface area contributed by atoms with Crippen LogP contribution in [0.4, 0.5) is 5.69 Å². The van der Waals surface area contributed by atoms with Crippen LogP contribution in [0.15, 0.2) is 42.5 Å². The van der Waals surface area contributed by atoms with Crippen molar-refractivity contribution in [2.75, 3.05) is 0 Å². The average Bonchev–Trinajstić information content (AvgIpc) is 2.62. The second-order valence-electron chi connectivity index (χ2n) is 6.00. The van der Waals surface area contributed by atoms with E-state index in [1.807, 2.05) is 30.3 Å². The molecule has 0 saturated carbocycles. The molecule has 0 aliphatic carbocycles. The van der Waals surface area contributed by atoms with Gasteiger partial charge < -0.3 is 9.47 Å². The van der Waals surface area contributed by atoms with Gasteiger partial charge in [-0.2, -0.15) is 0 Å². The van der Waals surface area contributed by atoms with Crippen molar-refractivity contribution in [2.45, 2.75) is 33.1 Å². The van der Waals surface area contributed by atoms with Crippen molar-refractivity contribution in [3.8, 4) is 11.5 Å². The van der Waals surface area contributed by atoms with Gasteiger partial charge in [-0.25, -0.2) is 0 Å². The van der Waals surface area contributed by atoms with Gasteiger partial charge in [0.1, 0.15) is 0 Å². The van der Waals surface area contributed by atoms with Crippen molar-refractivity contribution in [3.63, 3.8) is 0 Å². The van der Waals surface area contributed by atoms with Gasteiger partial charge in [0.05, 0.1) is 10.5 Å². The van der Waals surface area contributed by atoms with Gasteiger partial charge in [-0.15, -0.1) is 0 Å². The molecule has 0 bridgehead atoms. The molecule has 28 heavy (non-hydrogen) atoms. The van der Waals surface area contributed by atoms with Crippen LogP contribution in [-0.4, -0.2) is 22.6 Å². The van der Waals surface area contributed by atoms with E-state index >= 15 is 0 Å². The molecule has 2 aromatic carbocycles. The number of Topliss-reactive ketones (excluding diaryl/α,β-unsaturated/α-hetero) is 1. The summed E-state index contributed by atoms with van der Waals surface area (Å²) in [5.74, 6) is -2.91. The lowest BCUT2D eigenvalue weighted by Crippen LogP contribution is -2.12. The molecule has 0 aliphatic rings. The van der Waals surface area contributed by atoms with Crippen LogP contribution in [0.5, 0.6) is 11.5 Å². The van der Waals surface area contributed by atoms with Crippen LogP contribution in [-0.2, 0) is 16.0 Å². The summed E-state index contributed by atoms with van der Waals surface area (Å²) in [6, 6.07) is 11.9. The predicted octanol–water partition coefficient (Wildman–Crippen LogP) is 3.65. The Morgan fingerprint density at radius 1 is 0.964 bits per heavy atom. The number of nitro benzene ring substituents is 1. The molecular weight excluding hydrogens is 366 g/mol. The maximum Gasteiger partial charge on any atom is 0.326 e. The number of carbonyl (C=O) groups is 3. The zero-order valence-electron chi connectivity index (χ0n) is 15.5. The Morgan fingerprint density at radius 2 is 1.61 bits per heavy atom. The first-order chi connectivity index (χ1) is 13.3. The SMILES string of the molecule is CC(=O)Oc1ccc(C(=O)CCCc2ccccc2)c([N+](=O)[O-])c1OC(C)=O. The molecule has 0 saturated heterocycles. The average molecular weight is 385 g/mol. The van der Waals surface area contributed by atoms with Crippen molar-refractivity contribution >= 4 is 23.4 Å². The lowest BCUT2D eigenvalue weighted by atomic mass is 10.0. The highest BCUT2D eigenvalue weighted by atomic mass is 16.6. The molecule has 0 spiro atoms. The number of hydrogen-bond donors (Lipinski definition) is 0. The van der Waals surface area contributed by atoms with Crippen molar-refractivity contribution in [1.82, 2.24) is 0 Å². The largest absolute Gasteiger partial charge is 0.422 e. The third-order valence-corrected chi connectivity index (χ3v) is 3.79. The number of rotatable bonds is 8. The quantitative estimate of drug-likeness (QED) is 0.224. The summed E-state index contributed by atoms with van der Waals surface area (Å²) in [5.41, 5.74) is 0.152. The standard InChI is InChI=1S/C20H19NO7/c1-13(22)27-18-12-11-16(19(21(25)26)20(18)28-14(2)23)17(24)10-6-9-15-7-4-3-5-8-15/h3-5,7-8,11-12H,6,9-10H2,1-2H3. The van der Waals surface area contributed by atoms with Crippen molar-refractivity contribution in [3.05, 3.63) is 63.7 Å². The summed E-state index contributed by atoms with van der Waals surface area (Å²) in [7, 11) is 0. The summed E-state index contributed by atoms with van der Waals surface area (Å²) < 4.78 is 9.77. The second kappa shape index (κ2) is 9.40. The number of nitro groups is 1. The van der Waals surface area contributed by atoms with Crippen LogP contribution in [0.3, 0.4) is 0 Å². The van der Waals surface area contributed by atoms with Gasteiger partial charge >= 0.3 is 17.6 Å². The van der Waals surface area contributed by atoms with Crippen LogP contribution in [0.2, 0.25) is 0 Å². The van der Waals surface area contributed by atoms with Gasteiger partial charge in [-0.3, -0.25) is 24.5 Å². The summed E-state index contributed by atoms with van der Waals surface area (Å²) in [6.45, 7) is 2.15. The van der Waals surface area contributed by atoms with Gasteiger partial charge in [-0.1, -0.05) is 30.3 Å². The zero-order chi connectivity index (χ0) is 20.7. The van der Waals surface area contributed by atoms with Crippen LogP contribution in [0.1, 0.15) is 42.6 Å². The number of nitrogens with zero attached hydrogens (tertiary/aromatic N) is 1. The first kappa shape index (κ1) is 20.8. The normalized spacial score (nSPS) is 10.2. The molecule has 2 aromatic rings. The van der Waals surface area contributed by atoms with Crippen LogP contribution >= 0.6 is 0 Å². The first-order valence-corrected chi connectivity index (χ1v) is 8.55. The van der Waals surface area contributed by atoms with E-state index in [-0.39, 0.29) is 17.7 Å². The number of hydrogen-bond acceptors (Lipinski definition) is 7. The van der Waals surface area contributed by atoms with Crippen LogP contribution in [0, 0.1) is 10.1 Å². The minimum absolute atomic E-state index is 0.0716. The Morgan fingerprint density at radius 3 is 2.18 bits per heavy atom. The van der Waals surface area contributed by atoms with E-state index in [0.717, 1.165) is 19.4 Å². The molecule has 0 atom stereocenters. The Labute approximate surface area is 161 Å². The molecule has 0 fully saturated rings. The maximum atomic E-state index is 12.6. The fraction of sp³-hybridized carbons (Fsp3) is 0.250. The molecule has 0 aliphatic heterocycles. The summed E-state index contributed by atoms with van der Waals surface area (Å²) >= 11 is 0. The minimum atomic E-state index is -0.842. The van der Waals surface area contributed by atoms with E-state index in [4.69, 9.17) is 9.47 Å². The second-order valence-corrected chi connectivity index (χ2v) is 6.00. The molecule has 146 valence electrons. The summed E-state index contributed by atoms with van der Waals surface area (Å²) in [4.78, 5) is 45.9. The van der Waals surface area contributed by atoms with E-state index < -0.39 is 34.1 Å². The number of benzene rings is 2. The molecule has 0 heterocycles. The fourth-order valence-corrected chi connectivity index (χ4v) is 2.67. The van der Waals surface area contributed by atoms with E-state index in [2.05, 4.69) is 0 Å². The molecule has 0 amide bonds. The molecular formula is C20H19NO7. The molecule has 0 aromatic heterocycles. The van der Waals surface area contributed by atoms with E-state index in [0.29, 0.717) is 12.8 Å². The zero-order valence-corrected chi connectivity index (χ0v) is 15.5. The Bertz CT molecular complexity index is 906. The monoisotopic (exact) mass is 385 g/mol. The molecule has 8 heteroatoms. The smallest absolute Gasteiger partial charge is 0.326 e. The van der Waals surface area contributed by atoms with Gasteiger partial charge in [0.2, 0.25) is 0 Å². The molecule has 2 rings (SSSR count). The topological polar surface area (TPSA) is 113 Å². The number of esters is 2. The Kier molecular flexibility index (Phi) is 6.97. The summed E-state index contributed by atoms with van der Waals surface area (Å²) in [5, 5.41) is 11.6. The van der Waals surface area contributed by atoms with E-state index in [9.17, 15) is 24.5 Å². The highest BCUT2D eigenvalue weighted by molar-refractivity contribution is 6.01. The summed E-state index contributed by atoms with van der Waals surface area (Å²) in [6.07, 6.45) is 1.21. The number of ketones is 1. The van der Waals surface area contributed by atoms with E-state index in [1.165, 1.54) is 12.1 Å². The first-order valence-electron chi connectivity index (χ1n) is 8.55. The molecule has 8 nitrogen and oxygen atoms in total. The third-order valence-electron chi connectivity index (χ3n) is 3.79. The van der Waals surface area contributed by atoms with Crippen LogP contribution in [0.25, 0.3) is 0 Å². The van der Waals surface area contributed by atoms with Gasteiger partial charge in [0.15, 0.2) is 11.5 Å². The lowest BCUT2D eigenvalue weighted by Gasteiger charge is -2.11. The van der Waals surface area contributed by atoms with Crippen molar-refractivity contribution in [1.29, 1.82) is 0 Å². The molecule has 0 unspecified atom stereocenters. The predicted molar refractivity (Wildman–Crippen MR) is 99.4 cm³/mol. The van der Waals surface area contributed by atoms with Gasteiger partial charge in [-0.05, 0) is 30.5 Å². The maximum absolute atomic E-state index is 12.6. The van der Waals surface area contributed by atoms with Crippen molar-refractivity contribution in [2.24, 2.45) is 0 Å². The number of ether oxygens (including phenoxy) is 2. The highest BCUT2D eigenvalue weighted by Gasteiger charge is 2.30. The molecule has 0 radical (unpaired) electrons. The highest BCUT2D eigenvalue weighted by Crippen LogP contribution is 2.40. The van der Waals surface area contributed by atoms with Crippen LogP contribution < -0.4 is 9.47 Å². The van der Waals surface area contributed by atoms with Gasteiger partial charge in [0.25, 0.3) is 5.75 Å². The number of carbonyl (C=O) groups excluding carboxylic acids is 3. The minimum Gasteiger partial charge on any atom is -0.422 e.